The summed E-state index contributed by atoms with van der Waals surface area (Å²) in [6.45, 7) is 6.03. The highest BCUT2D eigenvalue weighted by atomic mass is 16.1. The second-order valence-electron chi connectivity index (χ2n) is 11.1. The number of hydrogen-bond donors (Lipinski definition) is 1. The van der Waals surface area contributed by atoms with Crippen LogP contribution in [0.4, 0.5) is 17.2 Å². The third-order valence-corrected chi connectivity index (χ3v) is 8.24. The van der Waals surface area contributed by atoms with Gasteiger partial charge < -0.3 is 19.7 Å². The number of aromatic nitrogens is 2. The van der Waals surface area contributed by atoms with E-state index in [0.29, 0.717) is 23.5 Å². The summed E-state index contributed by atoms with van der Waals surface area (Å²) in [5.41, 5.74) is 7.95. The van der Waals surface area contributed by atoms with Crippen LogP contribution >= 0.6 is 0 Å². The molecule has 1 saturated heterocycles. The van der Waals surface area contributed by atoms with Crippen LogP contribution in [0.25, 0.3) is 22.3 Å². The molecule has 7 heteroatoms. The fourth-order valence-corrected chi connectivity index (χ4v) is 5.73. The van der Waals surface area contributed by atoms with Gasteiger partial charge in [-0.15, -0.1) is 0 Å². The van der Waals surface area contributed by atoms with Crippen LogP contribution in [0.3, 0.4) is 0 Å². The van der Waals surface area contributed by atoms with Crippen molar-refractivity contribution in [3.63, 3.8) is 0 Å². The fraction of sp³-hybridized carbons (Fsp3) is 0.229. The highest BCUT2D eigenvalue weighted by Gasteiger charge is 2.21. The first kappa shape index (κ1) is 27.4. The van der Waals surface area contributed by atoms with E-state index in [4.69, 9.17) is 0 Å². The topological polar surface area (TPSA) is 70.5 Å². The summed E-state index contributed by atoms with van der Waals surface area (Å²) in [7, 11) is 3.89. The number of anilines is 3. The van der Waals surface area contributed by atoms with Gasteiger partial charge in [0.25, 0.3) is 5.56 Å². The molecule has 0 unspecified atom stereocenters. The number of piperazine rings is 1. The average molecular weight is 558 g/mol. The Bertz CT molecular complexity index is 1740. The molecular formula is C35H35N5O2. The summed E-state index contributed by atoms with van der Waals surface area (Å²) >= 11 is 0. The van der Waals surface area contributed by atoms with Crippen LogP contribution in [0, 0.1) is 6.92 Å². The first-order valence-electron chi connectivity index (χ1n) is 14.3. The molecule has 2 aromatic heterocycles. The summed E-state index contributed by atoms with van der Waals surface area (Å²) in [4.78, 5) is 35.6. The Balaban J connectivity index is 1.28. The van der Waals surface area contributed by atoms with Gasteiger partial charge in [0, 0.05) is 57.0 Å². The van der Waals surface area contributed by atoms with Gasteiger partial charge in [-0.3, -0.25) is 9.59 Å². The summed E-state index contributed by atoms with van der Waals surface area (Å²) in [5, 5.41) is 3.24. The molecule has 42 heavy (non-hydrogen) atoms. The predicted octanol–water partition coefficient (Wildman–Crippen LogP) is 5.69. The standard InChI is InChI=1S/C35H35N5O2/c1-24-29(10-7-11-30(24)31-14-12-26(21-33(31)41)25-8-5-4-6-9-25)27-20-32(35(42)39(3)23-27)37-34-15-13-28(22-36-34)40-18-16-38(2)17-19-40/h4-15,20,22-23H,16-19,21H2,1-3H3,(H,36,37). The minimum Gasteiger partial charge on any atom is -0.368 e. The van der Waals surface area contributed by atoms with Crippen molar-refractivity contribution in [3.05, 3.63) is 118 Å². The number of aryl methyl sites for hydroxylation is 1. The van der Waals surface area contributed by atoms with Gasteiger partial charge in [-0.05, 0) is 60.0 Å². The number of pyridine rings is 2. The maximum absolute atomic E-state index is 13.3. The molecule has 0 amide bonds. The minimum absolute atomic E-state index is 0.102. The number of nitrogens with zero attached hydrogens (tertiary/aromatic N) is 4. The Morgan fingerprint density at radius 2 is 1.57 bits per heavy atom. The summed E-state index contributed by atoms with van der Waals surface area (Å²) in [5.74, 6) is 0.720. The number of rotatable bonds is 6. The van der Waals surface area contributed by atoms with Gasteiger partial charge in [-0.2, -0.15) is 0 Å². The lowest BCUT2D eigenvalue weighted by atomic mass is 9.85. The lowest BCUT2D eigenvalue weighted by Gasteiger charge is -2.33. The molecule has 1 aliphatic heterocycles. The third-order valence-electron chi connectivity index (χ3n) is 8.24. The SMILES string of the molecule is Cc1c(C2=CC=C(c3ccccc3)CC2=O)cccc1-c1cc(Nc2ccc(N3CCN(C)CC3)cn2)c(=O)n(C)c1. The number of carbonyl (C=O) groups excluding carboxylic acids is 1. The van der Waals surface area contributed by atoms with E-state index in [0.717, 1.165) is 65.3 Å². The molecule has 3 heterocycles. The van der Waals surface area contributed by atoms with Crippen LogP contribution in [0.1, 0.15) is 23.1 Å². The van der Waals surface area contributed by atoms with Crippen molar-refractivity contribution < 1.29 is 4.79 Å². The first-order chi connectivity index (χ1) is 20.4. The van der Waals surface area contributed by atoms with Crippen molar-refractivity contribution >= 4 is 34.1 Å². The summed E-state index contributed by atoms with van der Waals surface area (Å²) in [6, 6.07) is 21.9. The molecule has 212 valence electrons. The van der Waals surface area contributed by atoms with Gasteiger partial charge in [0.2, 0.25) is 0 Å². The molecule has 6 rings (SSSR count). The number of benzene rings is 2. The quantitative estimate of drug-likeness (QED) is 0.329. The van der Waals surface area contributed by atoms with Crippen molar-refractivity contribution in [2.24, 2.45) is 7.05 Å². The van der Waals surface area contributed by atoms with Gasteiger partial charge in [-0.25, -0.2) is 4.98 Å². The zero-order valence-corrected chi connectivity index (χ0v) is 24.3. The number of Topliss-reactive ketones (excluding diaryl/α,β-unsaturated/α-hetero) is 1. The second kappa shape index (κ2) is 11.6. The largest absolute Gasteiger partial charge is 0.368 e. The van der Waals surface area contributed by atoms with Crippen LogP contribution < -0.4 is 15.8 Å². The molecular weight excluding hydrogens is 522 g/mol. The monoisotopic (exact) mass is 557 g/mol. The highest BCUT2D eigenvalue weighted by molar-refractivity contribution is 6.25. The van der Waals surface area contributed by atoms with E-state index >= 15 is 0 Å². The summed E-state index contributed by atoms with van der Waals surface area (Å²) in [6.07, 6.45) is 8.06. The van der Waals surface area contributed by atoms with E-state index in [9.17, 15) is 9.59 Å². The Labute approximate surface area is 246 Å². The molecule has 2 aliphatic rings. The Kier molecular flexibility index (Phi) is 7.59. The molecule has 1 aliphatic carbocycles. The summed E-state index contributed by atoms with van der Waals surface area (Å²) < 4.78 is 1.59. The van der Waals surface area contributed by atoms with E-state index in [-0.39, 0.29) is 11.3 Å². The molecule has 0 atom stereocenters. The Morgan fingerprint density at radius 3 is 2.29 bits per heavy atom. The normalized spacial score (nSPS) is 15.8. The molecule has 7 nitrogen and oxygen atoms in total. The van der Waals surface area contributed by atoms with Crippen LogP contribution in [0.2, 0.25) is 0 Å². The molecule has 0 bridgehead atoms. The van der Waals surface area contributed by atoms with Crippen LogP contribution in [0.5, 0.6) is 0 Å². The van der Waals surface area contributed by atoms with Gasteiger partial charge in [0.15, 0.2) is 5.78 Å². The smallest absolute Gasteiger partial charge is 0.274 e. The molecule has 1 fully saturated rings. The maximum atomic E-state index is 13.3. The third kappa shape index (κ3) is 5.56. The van der Waals surface area contributed by atoms with E-state index in [1.54, 1.807) is 11.6 Å². The van der Waals surface area contributed by atoms with E-state index in [1.165, 1.54) is 0 Å². The van der Waals surface area contributed by atoms with Crippen molar-refractivity contribution in [2.45, 2.75) is 13.3 Å². The van der Waals surface area contributed by atoms with Crippen molar-refractivity contribution in [3.8, 4) is 11.1 Å². The zero-order chi connectivity index (χ0) is 29.2. The molecule has 1 N–H and O–H groups in total. The lowest BCUT2D eigenvalue weighted by Crippen LogP contribution is -2.44. The van der Waals surface area contributed by atoms with Crippen molar-refractivity contribution in [2.75, 3.05) is 43.4 Å². The maximum Gasteiger partial charge on any atom is 0.274 e. The number of allylic oxidation sites excluding steroid dienone is 4. The molecule has 0 spiro atoms. The lowest BCUT2D eigenvalue weighted by molar-refractivity contribution is -0.112. The average Bonchev–Trinajstić information content (AvgIpc) is 3.01. The number of likely N-dealkylation sites (N-methyl/N-ethyl adjacent to an activating group) is 1. The predicted molar refractivity (Wildman–Crippen MR) is 171 cm³/mol. The first-order valence-corrected chi connectivity index (χ1v) is 14.3. The van der Waals surface area contributed by atoms with Gasteiger partial charge >= 0.3 is 0 Å². The van der Waals surface area contributed by atoms with Gasteiger partial charge in [0.05, 0.1) is 11.9 Å². The number of ketones is 1. The molecule has 0 radical (unpaired) electrons. The fourth-order valence-electron chi connectivity index (χ4n) is 5.73. The van der Waals surface area contributed by atoms with Crippen LogP contribution in [0.15, 0.2) is 96.1 Å². The highest BCUT2D eigenvalue weighted by Crippen LogP contribution is 2.34. The van der Waals surface area contributed by atoms with E-state index < -0.39 is 0 Å². The minimum atomic E-state index is -0.138. The van der Waals surface area contributed by atoms with Crippen LogP contribution in [-0.4, -0.2) is 53.5 Å². The number of carbonyl (C=O) groups is 1. The van der Waals surface area contributed by atoms with Gasteiger partial charge in [-0.1, -0.05) is 60.7 Å². The molecule has 2 aromatic carbocycles. The van der Waals surface area contributed by atoms with E-state index in [1.807, 2.05) is 86.1 Å². The Morgan fingerprint density at radius 1 is 0.810 bits per heavy atom. The number of nitrogens with one attached hydrogen (secondary N) is 1. The van der Waals surface area contributed by atoms with Gasteiger partial charge in [0.1, 0.15) is 11.5 Å². The van der Waals surface area contributed by atoms with Crippen LogP contribution in [-0.2, 0) is 11.8 Å². The number of hydrogen-bond acceptors (Lipinski definition) is 6. The van der Waals surface area contributed by atoms with Crippen molar-refractivity contribution in [1.29, 1.82) is 0 Å². The second-order valence-corrected chi connectivity index (χ2v) is 11.1. The molecule has 0 saturated carbocycles. The van der Waals surface area contributed by atoms with Crippen molar-refractivity contribution in [1.82, 2.24) is 14.5 Å². The molecule has 4 aromatic rings. The Hall–Kier alpha value is -4.75. The van der Waals surface area contributed by atoms with E-state index in [2.05, 4.69) is 39.3 Å². The zero-order valence-electron chi connectivity index (χ0n) is 24.3.